The maximum atomic E-state index is 2.49. The van der Waals surface area contributed by atoms with Crippen molar-refractivity contribution in [2.75, 3.05) is 4.90 Å². The van der Waals surface area contributed by atoms with Crippen molar-refractivity contribution in [3.05, 3.63) is 182 Å². The molecule has 3 heteroatoms. The predicted octanol–water partition coefficient (Wildman–Crippen LogP) is 14.1. The third-order valence-corrected chi connectivity index (χ3v) is 11.7. The van der Waals surface area contributed by atoms with Gasteiger partial charge in [0.05, 0.1) is 28.1 Å². The van der Waals surface area contributed by atoms with Crippen molar-refractivity contribution >= 4 is 103 Å². The van der Waals surface area contributed by atoms with Crippen molar-refractivity contribution in [1.29, 1.82) is 0 Å². The number of aromatic nitrogens is 1. The molecule has 0 amide bonds. The summed E-state index contributed by atoms with van der Waals surface area (Å²) in [5, 5.41) is 12.6. The molecule has 0 saturated carbocycles. The summed E-state index contributed by atoms with van der Waals surface area (Å²) in [6, 6.07) is 66.7. The van der Waals surface area contributed by atoms with Crippen LogP contribution in [0.5, 0.6) is 0 Å². The molecule has 51 heavy (non-hydrogen) atoms. The Hall–Kier alpha value is -6.42. The largest absolute Gasteiger partial charge is 0.309 e. The third-order valence-electron chi connectivity index (χ3n) is 10.5. The van der Waals surface area contributed by atoms with Crippen LogP contribution in [0.3, 0.4) is 0 Å². The van der Waals surface area contributed by atoms with Gasteiger partial charge in [0.1, 0.15) is 0 Å². The molecule has 2 nitrogen and oxygen atoms in total. The van der Waals surface area contributed by atoms with Gasteiger partial charge < -0.3 is 9.47 Å². The monoisotopic (exact) mass is 666 g/mol. The summed E-state index contributed by atoms with van der Waals surface area (Å²) >= 11 is 1.89. The minimum atomic E-state index is 1.13. The van der Waals surface area contributed by atoms with E-state index in [2.05, 4.69) is 191 Å². The first kappa shape index (κ1) is 28.4. The number of para-hydroxylation sites is 1. The number of hydrogen-bond acceptors (Lipinski definition) is 2. The van der Waals surface area contributed by atoms with Crippen LogP contribution in [0, 0.1) is 0 Å². The highest BCUT2D eigenvalue weighted by Crippen LogP contribution is 2.49. The van der Waals surface area contributed by atoms with Crippen LogP contribution < -0.4 is 4.90 Å². The van der Waals surface area contributed by atoms with Gasteiger partial charge in [0.15, 0.2) is 0 Å². The Bertz CT molecular complexity index is 3150. The molecule has 0 aliphatic carbocycles. The van der Waals surface area contributed by atoms with Crippen LogP contribution in [0.15, 0.2) is 182 Å². The van der Waals surface area contributed by atoms with Crippen LogP contribution in [0.25, 0.3) is 80.0 Å². The van der Waals surface area contributed by atoms with Gasteiger partial charge in [-0.25, -0.2) is 0 Å². The molecule has 2 aromatic heterocycles. The zero-order valence-corrected chi connectivity index (χ0v) is 28.4. The normalized spacial score (nSPS) is 11.9. The Balaban J connectivity index is 1.29. The molecule has 9 aromatic carbocycles. The first-order valence-electron chi connectivity index (χ1n) is 17.4. The van der Waals surface area contributed by atoms with Gasteiger partial charge in [-0.1, -0.05) is 127 Å². The van der Waals surface area contributed by atoms with Gasteiger partial charge in [0, 0.05) is 42.0 Å². The second-order valence-corrected chi connectivity index (χ2v) is 14.4. The van der Waals surface area contributed by atoms with E-state index in [0.29, 0.717) is 0 Å². The molecule has 11 rings (SSSR count). The molecule has 0 radical (unpaired) electrons. The van der Waals surface area contributed by atoms with E-state index in [0.717, 1.165) is 11.4 Å². The maximum Gasteiger partial charge on any atom is 0.0562 e. The summed E-state index contributed by atoms with van der Waals surface area (Å²) in [4.78, 5) is 2.49. The highest BCUT2D eigenvalue weighted by Gasteiger charge is 2.24. The molecule has 0 fully saturated rings. The number of nitrogens with zero attached hydrogens (tertiary/aromatic N) is 2. The molecule has 0 unspecified atom stereocenters. The average molecular weight is 667 g/mol. The smallest absolute Gasteiger partial charge is 0.0562 e. The highest BCUT2D eigenvalue weighted by atomic mass is 32.1. The molecule has 0 atom stereocenters. The van der Waals surface area contributed by atoms with Gasteiger partial charge in [-0.2, -0.15) is 0 Å². The van der Waals surface area contributed by atoms with E-state index in [4.69, 9.17) is 0 Å². The Morgan fingerprint density at radius 2 is 1.02 bits per heavy atom. The number of thiophene rings is 1. The second-order valence-electron chi connectivity index (χ2n) is 13.3. The van der Waals surface area contributed by atoms with Crippen LogP contribution in [0.4, 0.5) is 17.1 Å². The molecule has 0 saturated heterocycles. The lowest BCUT2D eigenvalue weighted by atomic mass is 10.0. The van der Waals surface area contributed by atoms with Crippen LogP contribution >= 0.6 is 11.3 Å². The number of fused-ring (bicyclic) bond motifs is 10. The van der Waals surface area contributed by atoms with Crippen LogP contribution in [0.1, 0.15) is 0 Å². The van der Waals surface area contributed by atoms with Gasteiger partial charge in [-0.15, -0.1) is 11.3 Å². The van der Waals surface area contributed by atoms with E-state index in [1.807, 2.05) is 11.3 Å². The Morgan fingerprint density at radius 3 is 1.84 bits per heavy atom. The second kappa shape index (κ2) is 11.0. The summed E-state index contributed by atoms with van der Waals surface area (Å²) < 4.78 is 5.11. The van der Waals surface area contributed by atoms with Crippen molar-refractivity contribution in [3.8, 4) is 5.69 Å². The third kappa shape index (κ3) is 4.22. The molecule has 0 N–H and O–H groups in total. The molecule has 11 aromatic rings. The summed E-state index contributed by atoms with van der Waals surface area (Å²) in [5.74, 6) is 0. The average Bonchev–Trinajstić information content (AvgIpc) is 3.74. The first-order chi connectivity index (χ1) is 25.3. The fourth-order valence-electron chi connectivity index (χ4n) is 8.29. The number of benzene rings is 9. The zero-order valence-electron chi connectivity index (χ0n) is 27.6. The van der Waals surface area contributed by atoms with Gasteiger partial charge in [-0.3, -0.25) is 0 Å². The van der Waals surface area contributed by atoms with Crippen LogP contribution in [-0.4, -0.2) is 4.57 Å². The Labute approximate surface area is 298 Å². The lowest BCUT2D eigenvalue weighted by Gasteiger charge is -2.27. The Kier molecular flexibility index (Phi) is 6.16. The van der Waals surface area contributed by atoms with Crippen LogP contribution in [0.2, 0.25) is 0 Å². The van der Waals surface area contributed by atoms with Crippen molar-refractivity contribution < 1.29 is 0 Å². The van der Waals surface area contributed by atoms with Crippen molar-refractivity contribution in [3.63, 3.8) is 0 Å². The number of rotatable bonds is 4. The lowest BCUT2D eigenvalue weighted by Crippen LogP contribution is -2.10. The first-order valence-corrected chi connectivity index (χ1v) is 18.3. The molecular weight excluding hydrogens is 637 g/mol. The minimum Gasteiger partial charge on any atom is -0.309 e. The molecular formula is C48H30N2S. The van der Waals surface area contributed by atoms with E-state index in [-0.39, 0.29) is 0 Å². The molecule has 0 aliphatic rings. The predicted molar refractivity (Wildman–Crippen MR) is 221 cm³/mol. The van der Waals surface area contributed by atoms with Crippen LogP contribution in [-0.2, 0) is 0 Å². The van der Waals surface area contributed by atoms with Gasteiger partial charge >= 0.3 is 0 Å². The standard InChI is InChI=1S/C48H30N2S/c1-2-18-35(19-3-1)49(43-25-12-26-45-47(43)38-28-27-32-14-7-9-21-37(32)48(38)51-45)41-23-11-24-42-46(41)39-29-33-15-4-5-16-34(33)30-44(39)50(42)40-22-10-17-31-13-6-8-20-36(31)40/h1-30H. The van der Waals surface area contributed by atoms with Gasteiger partial charge in [0.25, 0.3) is 0 Å². The fraction of sp³-hybridized carbons (Fsp3) is 0. The topological polar surface area (TPSA) is 8.17 Å². The van der Waals surface area contributed by atoms with E-state index in [9.17, 15) is 0 Å². The quantitative estimate of drug-likeness (QED) is 0.181. The van der Waals surface area contributed by atoms with E-state index >= 15 is 0 Å². The van der Waals surface area contributed by atoms with Crippen molar-refractivity contribution in [1.82, 2.24) is 4.57 Å². The van der Waals surface area contributed by atoms with Gasteiger partial charge in [0.2, 0.25) is 0 Å². The summed E-state index contributed by atoms with van der Waals surface area (Å²) in [6.07, 6.45) is 0. The Morgan fingerprint density at radius 1 is 0.392 bits per heavy atom. The fourth-order valence-corrected chi connectivity index (χ4v) is 9.55. The summed E-state index contributed by atoms with van der Waals surface area (Å²) in [5.41, 5.74) is 7.04. The van der Waals surface area contributed by atoms with Gasteiger partial charge in [-0.05, 0) is 81.5 Å². The molecule has 0 bridgehead atoms. The van der Waals surface area contributed by atoms with E-state index in [1.165, 1.54) is 85.7 Å². The number of hydrogen-bond donors (Lipinski definition) is 0. The minimum absolute atomic E-state index is 1.13. The highest BCUT2D eigenvalue weighted by molar-refractivity contribution is 7.26. The zero-order chi connectivity index (χ0) is 33.5. The van der Waals surface area contributed by atoms with E-state index in [1.54, 1.807) is 0 Å². The van der Waals surface area contributed by atoms with Crippen molar-refractivity contribution in [2.24, 2.45) is 0 Å². The maximum absolute atomic E-state index is 2.49. The summed E-state index contributed by atoms with van der Waals surface area (Å²) in [6.45, 7) is 0. The molecule has 0 aliphatic heterocycles. The van der Waals surface area contributed by atoms with Crippen molar-refractivity contribution in [2.45, 2.75) is 0 Å². The SMILES string of the molecule is c1ccc(N(c2cccc3sc4c5ccccc5ccc4c23)c2cccc3c2c2cc4ccccc4cc2n3-c2cccc3ccccc23)cc1. The molecule has 238 valence electrons. The lowest BCUT2D eigenvalue weighted by molar-refractivity contribution is 1.20. The summed E-state index contributed by atoms with van der Waals surface area (Å²) in [7, 11) is 0. The molecule has 2 heterocycles. The number of anilines is 3. The van der Waals surface area contributed by atoms with E-state index < -0.39 is 0 Å². The molecule has 0 spiro atoms.